The summed E-state index contributed by atoms with van der Waals surface area (Å²) in [7, 11) is -3.98. The number of aryl methyl sites for hydroxylation is 1. The molecule has 0 amide bonds. The first-order valence-corrected chi connectivity index (χ1v) is 9.09. The van der Waals surface area contributed by atoms with Crippen LogP contribution in [-0.2, 0) is 10.0 Å². The normalized spacial score (nSPS) is 11.8. The molecule has 0 saturated carbocycles. The maximum Gasteiger partial charge on any atom is 0.276 e. The van der Waals surface area contributed by atoms with Crippen molar-refractivity contribution in [2.75, 3.05) is 0 Å². The molecular formula is C17H19N3O4S. The van der Waals surface area contributed by atoms with Crippen molar-refractivity contribution in [1.29, 1.82) is 0 Å². The van der Waals surface area contributed by atoms with Gasteiger partial charge in [-0.2, -0.15) is 13.5 Å². The monoisotopic (exact) mass is 361 g/mol. The molecular weight excluding hydrogens is 342 g/mol. The molecule has 0 radical (unpaired) electrons. The van der Waals surface area contributed by atoms with Crippen LogP contribution in [0.25, 0.3) is 0 Å². The van der Waals surface area contributed by atoms with Crippen molar-refractivity contribution in [1.82, 2.24) is 4.83 Å². The molecule has 0 aliphatic rings. The molecule has 0 saturated heterocycles. The van der Waals surface area contributed by atoms with E-state index in [1.165, 1.54) is 23.9 Å². The molecule has 0 bridgehead atoms. The summed E-state index contributed by atoms with van der Waals surface area (Å²) in [6.45, 7) is 5.71. The molecule has 0 aliphatic carbocycles. The average molecular weight is 361 g/mol. The molecule has 0 atom stereocenters. The number of nitro benzene ring substituents is 1. The molecule has 2 aromatic rings. The number of hydrogen-bond donors (Lipinski definition) is 1. The van der Waals surface area contributed by atoms with E-state index < -0.39 is 14.9 Å². The Labute approximate surface area is 146 Å². The predicted molar refractivity (Wildman–Crippen MR) is 96.3 cm³/mol. The van der Waals surface area contributed by atoms with Gasteiger partial charge in [0.25, 0.3) is 15.7 Å². The Morgan fingerprint density at radius 2 is 1.80 bits per heavy atom. The van der Waals surface area contributed by atoms with Crippen LogP contribution >= 0.6 is 0 Å². The lowest BCUT2D eigenvalue weighted by Crippen LogP contribution is -2.18. The molecule has 132 valence electrons. The minimum atomic E-state index is -3.98. The Hall–Kier alpha value is -2.74. The highest BCUT2D eigenvalue weighted by Gasteiger charge is 2.19. The van der Waals surface area contributed by atoms with Crippen molar-refractivity contribution >= 4 is 21.9 Å². The van der Waals surface area contributed by atoms with Crippen LogP contribution in [0, 0.1) is 17.0 Å². The Morgan fingerprint density at radius 3 is 2.36 bits per heavy atom. The van der Waals surface area contributed by atoms with Gasteiger partial charge in [-0.05, 0) is 30.0 Å². The highest BCUT2D eigenvalue weighted by molar-refractivity contribution is 7.89. The third-order valence-corrected chi connectivity index (χ3v) is 4.90. The zero-order valence-corrected chi connectivity index (χ0v) is 14.9. The highest BCUT2D eigenvalue weighted by Crippen LogP contribution is 2.22. The van der Waals surface area contributed by atoms with Gasteiger partial charge in [-0.25, -0.2) is 4.83 Å². The van der Waals surface area contributed by atoms with Crippen LogP contribution in [0.4, 0.5) is 5.69 Å². The maximum absolute atomic E-state index is 12.2. The zero-order valence-electron chi connectivity index (χ0n) is 14.1. The van der Waals surface area contributed by atoms with Crippen molar-refractivity contribution in [3.8, 4) is 0 Å². The summed E-state index contributed by atoms with van der Waals surface area (Å²) < 4.78 is 24.4. The SMILES string of the molecule is Cc1ccc(S(=O)(=O)N/N=C/c2ccc(C(C)C)cc2)cc1[N+](=O)[O-]. The van der Waals surface area contributed by atoms with E-state index in [1.54, 1.807) is 6.92 Å². The van der Waals surface area contributed by atoms with Gasteiger partial charge in [0, 0.05) is 11.6 Å². The number of nitro groups is 1. The fraction of sp³-hybridized carbons (Fsp3) is 0.235. The fourth-order valence-corrected chi connectivity index (χ4v) is 2.95. The Bertz CT molecular complexity index is 904. The number of nitrogens with one attached hydrogen (secondary N) is 1. The molecule has 1 N–H and O–H groups in total. The van der Waals surface area contributed by atoms with E-state index in [9.17, 15) is 18.5 Å². The molecule has 0 aliphatic heterocycles. The smallest absolute Gasteiger partial charge is 0.258 e. The quantitative estimate of drug-likeness (QED) is 0.484. The predicted octanol–water partition coefficient (Wildman–Crippen LogP) is 3.34. The Kier molecular flexibility index (Phi) is 5.53. The highest BCUT2D eigenvalue weighted by atomic mass is 32.2. The van der Waals surface area contributed by atoms with Gasteiger partial charge in [-0.1, -0.05) is 44.2 Å². The minimum Gasteiger partial charge on any atom is -0.258 e. The van der Waals surface area contributed by atoms with Gasteiger partial charge in [0.15, 0.2) is 0 Å². The van der Waals surface area contributed by atoms with Crippen molar-refractivity contribution < 1.29 is 13.3 Å². The summed E-state index contributed by atoms with van der Waals surface area (Å²) in [4.78, 5) is 12.2. The average Bonchev–Trinajstić information content (AvgIpc) is 2.55. The van der Waals surface area contributed by atoms with Crippen molar-refractivity contribution in [2.45, 2.75) is 31.6 Å². The van der Waals surface area contributed by atoms with E-state index in [4.69, 9.17) is 0 Å². The Morgan fingerprint density at radius 1 is 1.16 bits per heavy atom. The Balaban J connectivity index is 2.16. The molecule has 8 heteroatoms. The van der Waals surface area contributed by atoms with Gasteiger partial charge in [-0.15, -0.1) is 0 Å². The lowest BCUT2D eigenvalue weighted by atomic mass is 10.0. The minimum absolute atomic E-state index is 0.211. The number of hydrogen-bond acceptors (Lipinski definition) is 5. The zero-order chi connectivity index (χ0) is 18.6. The topological polar surface area (TPSA) is 102 Å². The number of nitrogens with zero attached hydrogens (tertiary/aromatic N) is 2. The molecule has 2 rings (SSSR count). The van der Waals surface area contributed by atoms with Gasteiger partial charge in [-0.3, -0.25) is 10.1 Å². The molecule has 7 nitrogen and oxygen atoms in total. The molecule has 0 fully saturated rings. The summed E-state index contributed by atoms with van der Waals surface area (Å²) in [5.74, 6) is 0.404. The lowest BCUT2D eigenvalue weighted by molar-refractivity contribution is -0.385. The van der Waals surface area contributed by atoms with E-state index >= 15 is 0 Å². The first-order valence-electron chi connectivity index (χ1n) is 7.60. The second-order valence-corrected chi connectivity index (χ2v) is 7.54. The standard InChI is InChI=1S/C17H19N3O4S/c1-12(2)15-7-5-14(6-8-15)11-18-19-25(23,24)16-9-4-13(3)17(10-16)20(21)22/h4-12,19H,1-3H3/b18-11+. The van der Waals surface area contributed by atoms with E-state index in [-0.39, 0.29) is 10.6 Å². The molecule has 0 heterocycles. The maximum atomic E-state index is 12.2. The van der Waals surface area contributed by atoms with Gasteiger partial charge in [0.1, 0.15) is 0 Å². The van der Waals surface area contributed by atoms with E-state index in [2.05, 4.69) is 23.8 Å². The fourth-order valence-electron chi connectivity index (χ4n) is 2.14. The first-order chi connectivity index (χ1) is 11.7. The summed E-state index contributed by atoms with van der Waals surface area (Å²) in [5, 5.41) is 14.7. The molecule has 0 spiro atoms. The van der Waals surface area contributed by atoms with Crippen LogP contribution in [0.5, 0.6) is 0 Å². The van der Waals surface area contributed by atoms with Crippen LogP contribution in [0.15, 0.2) is 52.5 Å². The van der Waals surface area contributed by atoms with Crippen LogP contribution in [0.1, 0.15) is 36.5 Å². The molecule has 0 aromatic heterocycles. The second kappa shape index (κ2) is 7.43. The molecule has 0 unspecified atom stereocenters. The number of rotatable bonds is 6. The van der Waals surface area contributed by atoms with Crippen LogP contribution in [-0.4, -0.2) is 19.6 Å². The first kappa shape index (κ1) is 18.6. The third kappa shape index (κ3) is 4.63. The second-order valence-electron chi connectivity index (χ2n) is 5.88. The van der Waals surface area contributed by atoms with Gasteiger partial charge in [0.05, 0.1) is 16.0 Å². The van der Waals surface area contributed by atoms with E-state index in [0.29, 0.717) is 11.5 Å². The van der Waals surface area contributed by atoms with Crippen molar-refractivity contribution in [3.05, 3.63) is 69.3 Å². The van der Waals surface area contributed by atoms with Crippen molar-refractivity contribution in [3.63, 3.8) is 0 Å². The largest absolute Gasteiger partial charge is 0.276 e. The van der Waals surface area contributed by atoms with Crippen molar-refractivity contribution in [2.24, 2.45) is 5.10 Å². The van der Waals surface area contributed by atoms with Crippen LogP contribution in [0.2, 0.25) is 0 Å². The van der Waals surface area contributed by atoms with Crippen LogP contribution < -0.4 is 4.83 Å². The summed E-state index contributed by atoms with van der Waals surface area (Å²) in [6, 6.07) is 11.3. The lowest BCUT2D eigenvalue weighted by Gasteiger charge is -2.05. The van der Waals surface area contributed by atoms with Crippen LogP contribution in [0.3, 0.4) is 0 Å². The van der Waals surface area contributed by atoms with Gasteiger partial charge < -0.3 is 0 Å². The number of benzene rings is 2. The molecule has 25 heavy (non-hydrogen) atoms. The van der Waals surface area contributed by atoms with E-state index in [1.807, 2.05) is 24.3 Å². The summed E-state index contributed by atoms with van der Waals surface area (Å²) in [6.07, 6.45) is 1.38. The van der Waals surface area contributed by atoms with E-state index in [0.717, 1.165) is 11.6 Å². The summed E-state index contributed by atoms with van der Waals surface area (Å²) in [5.41, 5.74) is 2.04. The summed E-state index contributed by atoms with van der Waals surface area (Å²) >= 11 is 0. The van der Waals surface area contributed by atoms with Gasteiger partial charge in [0.2, 0.25) is 0 Å². The molecule has 2 aromatic carbocycles. The number of hydrazone groups is 1. The van der Waals surface area contributed by atoms with Gasteiger partial charge >= 0.3 is 0 Å². The third-order valence-electron chi connectivity index (χ3n) is 3.68. The number of sulfonamides is 1.